The number of nitrogens with one attached hydrogen (secondary N) is 2. The molecule has 200 valence electrons. The molecule has 39 heavy (non-hydrogen) atoms. The third-order valence-corrected chi connectivity index (χ3v) is 7.14. The number of benzene rings is 2. The predicted octanol–water partition coefficient (Wildman–Crippen LogP) is 6.12. The van der Waals surface area contributed by atoms with Gasteiger partial charge in [0, 0.05) is 29.0 Å². The molecule has 3 heterocycles. The second-order valence-corrected chi connectivity index (χ2v) is 9.77. The monoisotopic (exact) mass is 549 g/mol. The molecule has 1 saturated heterocycles. The molecule has 0 radical (unpaired) electrons. The van der Waals surface area contributed by atoms with Crippen LogP contribution < -0.4 is 10.6 Å². The Hall–Kier alpha value is -4.18. The van der Waals surface area contributed by atoms with Crippen LogP contribution in [0.4, 0.5) is 18.9 Å². The quantitative estimate of drug-likeness (QED) is 0.284. The third kappa shape index (κ3) is 5.37. The summed E-state index contributed by atoms with van der Waals surface area (Å²) in [6.07, 6.45) is -2.77. The summed E-state index contributed by atoms with van der Waals surface area (Å²) in [6, 6.07) is 21.1. The Balaban J connectivity index is 1.55. The summed E-state index contributed by atoms with van der Waals surface area (Å²) >= 11 is 5.69. The van der Waals surface area contributed by atoms with Crippen molar-refractivity contribution in [2.75, 3.05) is 11.9 Å². The van der Waals surface area contributed by atoms with Crippen molar-refractivity contribution in [1.29, 1.82) is 0 Å². The number of alkyl halides is 3. The van der Waals surface area contributed by atoms with Gasteiger partial charge in [0.15, 0.2) is 5.11 Å². The van der Waals surface area contributed by atoms with Crippen LogP contribution in [0.25, 0.3) is 5.69 Å². The van der Waals surface area contributed by atoms with Crippen molar-refractivity contribution in [3.8, 4) is 5.69 Å². The van der Waals surface area contributed by atoms with Gasteiger partial charge in [-0.3, -0.25) is 9.78 Å². The average Bonchev–Trinajstić information content (AvgIpc) is 3.39. The molecule has 6 nitrogen and oxygen atoms in total. The van der Waals surface area contributed by atoms with Gasteiger partial charge in [0.1, 0.15) is 6.54 Å². The third-order valence-electron chi connectivity index (χ3n) is 6.79. The van der Waals surface area contributed by atoms with Gasteiger partial charge in [0.05, 0.1) is 23.3 Å². The number of amides is 1. The lowest BCUT2D eigenvalue weighted by atomic mass is 9.96. The first kappa shape index (κ1) is 26.4. The molecule has 10 heteroatoms. The summed E-state index contributed by atoms with van der Waals surface area (Å²) in [7, 11) is 0. The zero-order valence-corrected chi connectivity index (χ0v) is 22.1. The number of aromatic nitrogens is 2. The molecule has 2 atom stereocenters. The van der Waals surface area contributed by atoms with E-state index in [0.717, 1.165) is 34.8 Å². The minimum absolute atomic E-state index is 0.0258. The normalized spacial score (nSPS) is 17.3. The minimum atomic E-state index is -4.46. The number of para-hydroxylation sites is 1. The van der Waals surface area contributed by atoms with Crippen molar-refractivity contribution < 1.29 is 18.0 Å². The number of nitrogens with zero attached hydrogens (tertiary/aromatic N) is 3. The van der Waals surface area contributed by atoms with E-state index in [4.69, 9.17) is 12.2 Å². The van der Waals surface area contributed by atoms with Gasteiger partial charge in [-0.05, 0) is 80.2 Å². The molecular formula is C29H26F3N5OS. The van der Waals surface area contributed by atoms with E-state index in [0.29, 0.717) is 16.5 Å². The van der Waals surface area contributed by atoms with Crippen molar-refractivity contribution in [2.24, 2.45) is 0 Å². The van der Waals surface area contributed by atoms with E-state index in [1.165, 1.54) is 6.07 Å². The number of anilines is 1. The number of pyridine rings is 1. The lowest BCUT2D eigenvalue weighted by Crippen LogP contribution is -2.37. The number of hydrogen-bond acceptors (Lipinski definition) is 3. The van der Waals surface area contributed by atoms with Crippen LogP contribution in [0.5, 0.6) is 0 Å². The molecular weight excluding hydrogens is 523 g/mol. The highest BCUT2D eigenvalue weighted by atomic mass is 32.1. The summed E-state index contributed by atoms with van der Waals surface area (Å²) in [5, 5.41) is 6.61. The molecule has 0 saturated carbocycles. The first-order chi connectivity index (χ1) is 18.6. The van der Waals surface area contributed by atoms with Crippen LogP contribution in [0, 0.1) is 13.8 Å². The maximum absolute atomic E-state index is 13.5. The number of hydrogen-bond donors (Lipinski definition) is 2. The standard InChI is InChI=1S/C29H26F3N5OS/c1-18-15-23(19(2)37(18)22-12-8-9-20(16-22)29(30,31)32)27-26(24-13-6-7-14-33-24)35-28(39)36(27)17-25(38)34-21-10-4-3-5-11-21/h3-16,26-27H,17H2,1-2H3,(H,34,38)(H,35,39)/t26-,27+/m0/s1. The Morgan fingerprint density at radius 3 is 2.46 bits per heavy atom. The highest BCUT2D eigenvalue weighted by Crippen LogP contribution is 2.41. The molecule has 0 unspecified atom stereocenters. The van der Waals surface area contributed by atoms with Crippen molar-refractivity contribution in [3.63, 3.8) is 0 Å². The van der Waals surface area contributed by atoms with Crippen LogP contribution in [-0.2, 0) is 11.0 Å². The number of thiocarbonyl (C=S) groups is 1. The molecule has 1 aliphatic rings. The first-order valence-electron chi connectivity index (χ1n) is 12.3. The van der Waals surface area contributed by atoms with Gasteiger partial charge in [-0.15, -0.1) is 0 Å². The molecule has 2 aromatic carbocycles. The fraction of sp³-hybridized carbons (Fsp3) is 0.207. The predicted molar refractivity (Wildman–Crippen MR) is 147 cm³/mol. The van der Waals surface area contributed by atoms with Crippen molar-refractivity contribution >= 4 is 28.9 Å². The van der Waals surface area contributed by atoms with Crippen molar-refractivity contribution in [3.05, 3.63) is 113 Å². The highest BCUT2D eigenvalue weighted by molar-refractivity contribution is 7.80. The van der Waals surface area contributed by atoms with Crippen LogP contribution in [-0.4, -0.2) is 32.0 Å². The maximum atomic E-state index is 13.5. The number of carbonyl (C=O) groups excluding carboxylic acids is 1. The molecule has 2 N–H and O–H groups in total. The SMILES string of the molecule is Cc1cc([C@@H]2[C@H](c3ccccn3)NC(=S)N2CC(=O)Nc2ccccc2)c(C)n1-c1cccc(C(F)(F)F)c1. The topological polar surface area (TPSA) is 62.2 Å². The second kappa shape index (κ2) is 10.5. The zero-order chi connectivity index (χ0) is 27.7. The Bertz CT molecular complexity index is 1500. The Morgan fingerprint density at radius 2 is 1.77 bits per heavy atom. The van der Waals surface area contributed by atoms with Gasteiger partial charge in [0.2, 0.25) is 5.91 Å². The molecule has 4 aromatic rings. The fourth-order valence-corrected chi connectivity index (χ4v) is 5.40. The second-order valence-electron chi connectivity index (χ2n) is 9.38. The Kier molecular flexibility index (Phi) is 7.14. The molecule has 1 aliphatic heterocycles. The number of aryl methyl sites for hydroxylation is 1. The first-order valence-corrected chi connectivity index (χ1v) is 12.7. The molecule has 0 spiro atoms. The summed E-state index contributed by atoms with van der Waals surface area (Å²) in [6.45, 7) is 3.68. The van der Waals surface area contributed by atoms with Gasteiger partial charge in [-0.25, -0.2) is 0 Å². The van der Waals surface area contributed by atoms with Crippen molar-refractivity contribution in [2.45, 2.75) is 32.1 Å². The Morgan fingerprint density at radius 1 is 1.03 bits per heavy atom. The smallest absolute Gasteiger partial charge is 0.352 e. The van der Waals surface area contributed by atoms with E-state index >= 15 is 0 Å². The molecule has 0 aliphatic carbocycles. The van der Waals surface area contributed by atoms with Gasteiger partial charge >= 0.3 is 6.18 Å². The van der Waals surface area contributed by atoms with Crippen LogP contribution in [0.1, 0.15) is 40.3 Å². The van der Waals surface area contributed by atoms with E-state index in [1.54, 1.807) is 29.0 Å². The number of rotatable bonds is 6. The fourth-order valence-electron chi connectivity index (χ4n) is 5.10. The van der Waals surface area contributed by atoms with E-state index < -0.39 is 17.8 Å². The van der Waals surface area contributed by atoms with Crippen LogP contribution in [0.15, 0.2) is 85.1 Å². The Labute approximate surface area is 229 Å². The summed E-state index contributed by atoms with van der Waals surface area (Å²) in [5.41, 5.74) is 3.43. The van der Waals surface area contributed by atoms with Crippen LogP contribution in [0.3, 0.4) is 0 Å². The summed E-state index contributed by atoms with van der Waals surface area (Å²) in [4.78, 5) is 19.4. The van der Waals surface area contributed by atoms with Gasteiger partial charge in [-0.1, -0.05) is 30.3 Å². The van der Waals surface area contributed by atoms with Gasteiger partial charge < -0.3 is 20.1 Å². The molecule has 5 rings (SSSR count). The molecule has 2 aromatic heterocycles. The molecule has 1 amide bonds. The summed E-state index contributed by atoms with van der Waals surface area (Å²) < 4.78 is 42.2. The highest BCUT2D eigenvalue weighted by Gasteiger charge is 2.42. The average molecular weight is 550 g/mol. The van der Waals surface area contributed by atoms with Gasteiger partial charge in [-0.2, -0.15) is 13.2 Å². The van der Waals surface area contributed by atoms with E-state index in [1.807, 2.05) is 61.2 Å². The maximum Gasteiger partial charge on any atom is 0.416 e. The molecule has 0 bridgehead atoms. The van der Waals surface area contributed by atoms with E-state index in [-0.39, 0.29) is 18.5 Å². The number of carbonyl (C=O) groups is 1. The van der Waals surface area contributed by atoms with Crippen LogP contribution >= 0.6 is 12.2 Å². The lowest BCUT2D eigenvalue weighted by molar-refractivity contribution is -0.137. The van der Waals surface area contributed by atoms with Crippen LogP contribution in [0.2, 0.25) is 0 Å². The minimum Gasteiger partial charge on any atom is -0.352 e. The molecule has 1 fully saturated rings. The summed E-state index contributed by atoms with van der Waals surface area (Å²) in [5.74, 6) is -0.247. The van der Waals surface area contributed by atoms with Crippen molar-refractivity contribution in [1.82, 2.24) is 19.8 Å². The lowest BCUT2D eigenvalue weighted by Gasteiger charge is -2.27. The van der Waals surface area contributed by atoms with Gasteiger partial charge in [0.25, 0.3) is 0 Å². The van der Waals surface area contributed by atoms with E-state index in [9.17, 15) is 18.0 Å². The number of halogens is 3. The largest absolute Gasteiger partial charge is 0.416 e. The van der Waals surface area contributed by atoms with E-state index in [2.05, 4.69) is 15.6 Å². The zero-order valence-electron chi connectivity index (χ0n) is 21.2.